The molecule has 21 heavy (non-hydrogen) atoms. The van der Waals surface area contributed by atoms with Crippen LogP contribution < -0.4 is 5.32 Å². The average molecular weight is 309 g/mol. The summed E-state index contributed by atoms with van der Waals surface area (Å²) in [6.07, 6.45) is 4.05. The predicted octanol–water partition coefficient (Wildman–Crippen LogP) is 1.95. The molecule has 0 aliphatic heterocycles. The molecule has 0 atom stereocenters. The van der Waals surface area contributed by atoms with E-state index in [2.05, 4.69) is 10.3 Å². The lowest BCUT2D eigenvalue weighted by molar-refractivity contribution is -0.384. The third-order valence-electron chi connectivity index (χ3n) is 2.96. The molecule has 2 rings (SSSR count). The van der Waals surface area contributed by atoms with Gasteiger partial charge >= 0.3 is 0 Å². The van der Waals surface area contributed by atoms with Crippen LogP contribution in [0.4, 0.5) is 5.69 Å². The molecule has 1 aromatic heterocycles. The number of rotatable bonds is 5. The number of hydrogen-bond donors (Lipinski definition) is 1. The zero-order chi connectivity index (χ0) is 15.4. The maximum atomic E-state index is 12.0. The Hall–Kier alpha value is -2.41. The fraction of sp³-hybridized carbons (Fsp3) is 0.231. The zero-order valence-corrected chi connectivity index (χ0v) is 12.0. The SMILES string of the molecule is Cn1ccnc1CCNC(=O)c1cc([N+](=O)[O-])ccc1Cl. The molecule has 0 saturated heterocycles. The van der Waals surface area contributed by atoms with Crippen molar-refractivity contribution in [2.45, 2.75) is 6.42 Å². The first kappa shape index (κ1) is 15.0. The lowest BCUT2D eigenvalue weighted by atomic mass is 10.2. The standard InChI is InChI=1S/C13H13ClN4O3/c1-17-7-6-15-12(17)4-5-16-13(19)10-8-9(18(20)21)2-3-11(10)14/h2-3,6-8H,4-5H2,1H3,(H,16,19). The summed E-state index contributed by atoms with van der Waals surface area (Å²) in [5.41, 5.74) is -0.0839. The molecule has 0 radical (unpaired) electrons. The Morgan fingerprint density at radius 3 is 2.90 bits per heavy atom. The Kier molecular flexibility index (Phi) is 4.54. The number of non-ortho nitro benzene ring substituents is 1. The van der Waals surface area contributed by atoms with Crippen LogP contribution in [0, 0.1) is 10.1 Å². The molecule has 8 heteroatoms. The molecule has 1 heterocycles. The Bertz CT molecular complexity index is 684. The minimum Gasteiger partial charge on any atom is -0.352 e. The van der Waals surface area contributed by atoms with Crippen molar-refractivity contribution in [1.82, 2.24) is 14.9 Å². The molecule has 0 spiro atoms. The van der Waals surface area contributed by atoms with Crippen molar-refractivity contribution >= 4 is 23.2 Å². The van der Waals surface area contributed by atoms with Crippen LogP contribution in [-0.2, 0) is 13.5 Å². The van der Waals surface area contributed by atoms with Crippen LogP contribution in [0.15, 0.2) is 30.6 Å². The highest BCUT2D eigenvalue weighted by atomic mass is 35.5. The highest BCUT2D eigenvalue weighted by Crippen LogP contribution is 2.21. The van der Waals surface area contributed by atoms with E-state index < -0.39 is 10.8 Å². The first-order chi connectivity index (χ1) is 9.99. The highest BCUT2D eigenvalue weighted by Gasteiger charge is 2.15. The maximum absolute atomic E-state index is 12.0. The number of halogens is 1. The normalized spacial score (nSPS) is 10.4. The Labute approximate surface area is 125 Å². The predicted molar refractivity (Wildman–Crippen MR) is 77.4 cm³/mol. The van der Waals surface area contributed by atoms with E-state index in [1.165, 1.54) is 18.2 Å². The van der Waals surface area contributed by atoms with Crippen molar-refractivity contribution in [2.24, 2.45) is 7.05 Å². The number of benzene rings is 1. The van der Waals surface area contributed by atoms with Gasteiger partial charge in [-0.3, -0.25) is 14.9 Å². The third-order valence-corrected chi connectivity index (χ3v) is 3.29. The monoisotopic (exact) mass is 308 g/mol. The minimum atomic E-state index is -0.568. The number of aryl methyl sites for hydroxylation is 1. The molecule has 0 saturated carbocycles. The van der Waals surface area contributed by atoms with Crippen molar-refractivity contribution in [3.63, 3.8) is 0 Å². The minimum absolute atomic E-state index is 0.0886. The second kappa shape index (κ2) is 6.36. The third kappa shape index (κ3) is 3.57. The number of hydrogen-bond acceptors (Lipinski definition) is 4. The number of amides is 1. The van der Waals surface area contributed by atoms with Gasteiger partial charge in [-0.25, -0.2) is 4.98 Å². The zero-order valence-electron chi connectivity index (χ0n) is 11.2. The van der Waals surface area contributed by atoms with Crippen molar-refractivity contribution in [3.05, 3.63) is 57.1 Å². The quantitative estimate of drug-likeness (QED) is 0.675. The maximum Gasteiger partial charge on any atom is 0.270 e. The van der Waals surface area contributed by atoms with Crippen LogP contribution in [0.2, 0.25) is 5.02 Å². The molecular weight excluding hydrogens is 296 g/mol. The first-order valence-corrected chi connectivity index (χ1v) is 6.55. The van der Waals surface area contributed by atoms with Crippen LogP contribution in [-0.4, -0.2) is 26.9 Å². The van der Waals surface area contributed by atoms with E-state index >= 15 is 0 Å². The number of imidazole rings is 1. The van der Waals surface area contributed by atoms with Gasteiger partial charge in [0.05, 0.1) is 15.5 Å². The molecule has 1 amide bonds. The lowest BCUT2D eigenvalue weighted by Gasteiger charge is -2.07. The van der Waals surface area contributed by atoms with E-state index in [0.717, 1.165) is 5.82 Å². The van der Waals surface area contributed by atoms with Gasteiger partial charge in [0.1, 0.15) is 5.82 Å². The van der Waals surface area contributed by atoms with Gasteiger partial charge < -0.3 is 9.88 Å². The van der Waals surface area contributed by atoms with Crippen LogP contribution in [0.5, 0.6) is 0 Å². The van der Waals surface area contributed by atoms with E-state index in [-0.39, 0.29) is 16.3 Å². The van der Waals surface area contributed by atoms with E-state index in [9.17, 15) is 14.9 Å². The fourth-order valence-corrected chi connectivity index (χ4v) is 2.02. The number of nitrogens with zero attached hydrogens (tertiary/aromatic N) is 3. The van der Waals surface area contributed by atoms with Gasteiger partial charge in [0, 0.05) is 44.5 Å². The van der Waals surface area contributed by atoms with E-state index in [1.807, 2.05) is 17.8 Å². The van der Waals surface area contributed by atoms with Crippen LogP contribution in [0.25, 0.3) is 0 Å². The average Bonchev–Trinajstić information content (AvgIpc) is 2.84. The molecule has 7 nitrogen and oxygen atoms in total. The summed E-state index contributed by atoms with van der Waals surface area (Å²) in [6.45, 7) is 0.364. The summed E-state index contributed by atoms with van der Waals surface area (Å²) in [4.78, 5) is 26.3. The van der Waals surface area contributed by atoms with E-state index in [1.54, 1.807) is 6.20 Å². The van der Waals surface area contributed by atoms with E-state index in [0.29, 0.717) is 13.0 Å². The second-order valence-corrected chi connectivity index (χ2v) is 4.79. The van der Waals surface area contributed by atoms with Crippen molar-refractivity contribution in [1.29, 1.82) is 0 Å². The van der Waals surface area contributed by atoms with Crippen molar-refractivity contribution in [2.75, 3.05) is 6.54 Å². The number of aromatic nitrogens is 2. The molecule has 0 bridgehead atoms. The van der Waals surface area contributed by atoms with Gasteiger partial charge in [0.25, 0.3) is 11.6 Å². The van der Waals surface area contributed by atoms with Gasteiger partial charge in [-0.1, -0.05) is 11.6 Å². The van der Waals surface area contributed by atoms with E-state index in [4.69, 9.17) is 11.6 Å². The van der Waals surface area contributed by atoms with Crippen LogP contribution in [0.3, 0.4) is 0 Å². The molecule has 2 aromatic rings. The summed E-state index contributed by atoms with van der Waals surface area (Å²) in [5, 5.41) is 13.6. The smallest absolute Gasteiger partial charge is 0.270 e. The van der Waals surface area contributed by atoms with Crippen LogP contribution in [0.1, 0.15) is 16.2 Å². The summed E-state index contributed by atoms with van der Waals surface area (Å²) in [7, 11) is 1.86. The molecule has 110 valence electrons. The second-order valence-electron chi connectivity index (χ2n) is 4.38. The summed E-state index contributed by atoms with van der Waals surface area (Å²) >= 11 is 5.90. The van der Waals surface area contributed by atoms with Gasteiger partial charge in [-0.05, 0) is 6.07 Å². The number of carbonyl (C=O) groups excluding carboxylic acids is 1. The summed E-state index contributed by atoms with van der Waals surface area (Å²) in [6, 6.07) is 3.76. The number of carbonyl (C=O) groups is 1. The largest absolute Gasteiger partial charge is 0.352 e. The first-order valence-electron chi connectivity index (χ1n) is 6.17. The Morgan fingerprint density at radius 2 is 2.29 bits per heavy atom. The topological polar surface area (TPSA) is 90.1 Å². The lowest BCUT2D eigenvalue weighted by Crippen LogP contribution is -2.26. The van der Waals surface area contributed by atoms with Gasteiger partial charge in [-0.2, -0.15) is 0 Å². The van der Waals surface area contributed by atoms with Crippen LogP contribution >= 0.6 is 11.6 Å². The van der Waals surface area contributed by atoms with Crippen molar-refractivity contribution in [3.8, 4) is 0 Å². The van der Waals surface area contributed by atoms with Gasteiger partial charge in [0.15, 0.2) is 0 Å². The Morgan fingerprint density at radius 1 is 1.52 bits per heavy atom. The number of nitro groups is 1. The molecule has 0 aliphatic rings. The van der Waals surface area contributed by atoms with Gasteiger partial charge in [-0.15, -0.1) is 0 Å². The Balaban J connectivity index is 2.01. The molecule has 1 N–H and O–H groups in total. The summed E-state index contributed by atoms with van der Waals surface area (Å²) < 4.78 is 1.85. The highest BCUT2D eigenvalue weighted by molar-refractivity contribution is 6.33. The molecule has 0 fully saturated rings. The van der Waals surface area contributed by atoms with Crippen molar-refractivity contribution < 1.29 is 9.72 Å². The van der Waals surface area contributed by atoms with Gasteiger partial charge in [0.2, 0.25) is 0 Å². The molecular formula is C13H13ClN4O3. The fourth-order valence-electron chi connectivity index (χ4n) is 1.82. The summed E-state index contributed by atoms with van der Waals surface area (Å²) in [5.74, 6) is 0.387. The number of nitrogens with one attached hydrogen (secondary N) is 1. The number of nitro benzene ring substituents is 1. The molecule has 1 aromatic carbocycles. The molecule has 0 unspecified atom stereocenters. The molecule has 0 aliphatic carbocycles.